The Morgan fingerprint density at radius 3 is 2.76 bits per heavy atom. The topological polar surface area (TPSA) is 65.4 Å². The molecule has 0 radical (unpaired) electrons. The lowest BCUT2D eigenvalue weighted by Gasteiger charge is -2.39. The number of hydrogen-bond donors (Lipinski definition) is 1. The molecule has 1 amide bonds. The third kappa shape index (κ3) is 5.45. The molecule has 3 aromatic rings. The quantitative estimate of drug-likeness (QED) is 0.455. The van der Waals surface area contributed by atoms with Gasteiger partial charge in [-0.2, -0.15) is 5.10 Å². The van der Waals surface area contributed by atoms with Gasteiger partial charge in [-0.05, 0) is 54.5 Å². The average molecular weight is 482 g/mol. The van der Waals surface area contributed by atoms with Crippen LogP contribution >= 0.6 is 11.6 Å². The van der Waals surface area contributed by atoms with Crippen molar-refractivity contribution in [2.75, 3.05) is 18.5 Å². The zero-order valence-electron chi connectivity index (χ0n) is 20.1. The molecule has 1 saturated heterocycles. The lowest BCUT2D eigenvalue weighted by molar-refractivity contribution is -0.118. The summed E-state index contributed by atoms with van der Waals surface area (Å²) in [5.74, 6) is 1.47. The molecule has 0 aliphatic carbocycles. The first-order chi connectivity index (χ1) is 16.3. The number of amides is 1. The van der Waals surface area contributed by atoms with Crippen LogP contribution in [0, 0.1) is 18.8 Å². The lowest BCUT2D eigenvalue weighted by Crippen LogP contribution is -2.31. The number of carbonyl (C=O) groups is 1. The van der Waals surface area contributed by atoms with Crippen molar-refractivity contribution in [3.8, 4) is 5.75 Å². The largest absolute Gasteiger partial charge is 0.484 e. The summed E-state index contributed by atoms with van der Waals surface area (Å²) in [6.07, 6.45) is 2.61. The van der Waals surface area contributed by atoms with Crippen LogP contribution in [0.15, 0.2) is 54.7 Å². The summed E-state index contributed by atoms with van der Waals surface area (Å²) in [5, 5.41) is 7.78. The fourth-order valence-electron chi connectivity index (χ4n) is 4.59. The SMILES string of the molecule is Cc1c(NC(=O)COc2cccc([C@@H]3OC[C@@H](c4ccccc4Cl)C[C@H]3C(C)C)c2)cnn1C. The number of halogens is 1. The van der Waals surface area contributed by atoms with Crippen molar-refractivity contribution in [2.24, 2.45) is 18.9 Å². The number of nitrogens with one attached hydrogen (secondary N) is 1. The number of nitrogens with zero attached hydrogens (tertiary/aromatic N) is 2. The summed E-state index contributed by atoms with van der Waals surface area (Å²) in [5.41, 5.74) is 3.80. The number of anilines is 1. The Kier molecular flexibility index (Phi) is 7.59. The summed E-state index contributed by atoms with van der Waals surface area (Å²) in [6, 6.07) is 15.9. The third-order valence-electron chi connectivity index (χ3n) is 6.69. The van der Waals surface area contributed by atoms with E-state index in [4.69, 9.17) is 21.1 Å². The highest BCUT2D eigenvalue weighted by molar-refractivity contribution is 6.31. The number of carbonyl (C=O) groups excluding carboxylic acids is 1. The number of ether oxygens (including phenoxy) is 2. The number of rotatable bonds is 7. The fourth-order valence-corrected chi connectivity index (χ4v) is 4.88. The van der Waals surface area contributed by atoms with E-state index < -0.39 is 0 Å². The second-order valence-electron chi connectivity index (χ2n) is 9.29. The van der Waals surface area contributed by atoms with Gasteiger partial charge in [0.15, 0.2) is 6.61 Å². The lowest BCUT2D eigenvalue weighted by atomic mass is 9.76. The molecular weight excluding hydrogens is 450 g/mol. The van der Waals surface area contributed by atoms with E-state index in [1.54, 1.807) is 10.9 Å². The summed E-state index contributed by atoms with van der Waals surface area (Å²) in [6.45, 7) is 6.92. The van der Waals surface area contributed by atoms with Gasteiger partial charge in [0.1, 0.15) is 5.75 Å². The zero-order chi connectivity index (χ0) is 24.2. The maximum absolute atomic E-state index is 12.4. The van der Waals surface area contributed by atoms with Crippen molar-refractivity contribution in [1.82, 2.24) is 9.78 Å². The van der Waals surface area contributed by atoms with Gasteiger partial charge in [0.2, 0.25) is 0 Å². The minimum Gasteiger partial charge on any atom is -0.484 e. The molecule has 2 aromatic carbocycles. The molecule has 7 heteroatoms. The van der Waals surface area contributed by atoms with Crippen LogP contribution in [-0.4, -0.2) is 28.9 Å². The van der Waals surface area contributed by atoms with Crippen LogP contribution in [0.25, 0.3) is 0 Å². The Hall–Kier alpha value is -2.83. The van der Waals surface area contributed by atoms with Gasteiger partial charge in [0, 0.05) is 18.0 Å². The molecule has 0 bridgehead atoms. The summed E-state index contributed by atoms with van der Waals surface area (Å²) in [4.78, 5) is 12.4. The van der Waals surface area contributed by atoms with Gasteiger partial charge in [-0.1, -0.05) is 55.8 Å². The molecule has 1 aromatic heterocycles. The Balaban J connectivity index is 1.42. The predicted molar refractivity (Wildman–Crippen MR) is 134 cm³/mol. The first-order valence-corrected chi connectivity index (χ1v) is 12.1. The smallest absolute Gasteiger partial charge is 0.262 e. The van der Waals surface area contributed by atoms with E-state index >= 15 is 0 Å². The normalized spacial score (nSPS) is 20.4. The molecule has 1 fully saturated rings. The molecule has 1 aliphatic rings. The minimum absolute atomic E-state index is 0.0332. The van der Waals surface area contributed by atoms with Gasteiger partial charge in [-0.15, -0.1) is 0 Å². The van der Waals surface area contributed by atoms with Crippen molar-refractivity contribution < 1.29 is 14.3 Å². The van der Waals surface area contributed by atoms with E-state index in [0.717, 1.165) is 28.3 Å². The number of benzene rings is 2. The third-order valence-corrected chi connectivity index (χ3v) is 7.03. The zero-order valence-corrected chi connectivity index (χ0v) is 20.9. The van der Waals surface area contributed by atoms with E-state index in [-0.39, 0.29) is 24.5 Å². The highest BCUT2D eigenvalue weighted by atomic mass is 35.5. The molecule has 34 heavy (non-hydrogen) atoms. The highest BCUT2D eigenvalue weighted by Gasteiger charge is 2.35. The fraction of sp³-hybridized carbons (Fsp3) is 0.407. The van der Waals surface area contributed by atoms with Crippen LogP contribution in [0.1, 0.15) is 49.1 Å². The molecule has 0 unspecified atom stereocenters. The van der Waals surface area contributed by atoms with E-state index in [1.165, 1.54) is 0 Å². The highest BCUT2D eigenvalue weighted by Crippen LogP contribution is 2.45. The Morgan fingerprint density at radius 2 is 2.06 bits per heavy atom. The van der Waals surface area contributed by atoms with Crippen LogP contribution in [-0.2, 0) is 16.6 Å². The van der Waals surface area contributed by atoms with Crippen molar-refractivity contribution >= 4 is 23.2 Å². The molecule has 4 rings (SSSR count). The Bertz CT molecular complexity index is 1140. The van der Waals surface area contributed by atoms with Crippen molar-refractivity contribution in [1.29, 1.82) is 0 Å². The number of aryl methyl sites for hydroxylation is 1. The van der Waals surface area contributed by atoms with Gasteiger partial charge in [-0.25, -0.2) is 0 Å². The van der Waals surface area contributed by atoms with E-state index in [1.807, 2.05) is 50.4 Å². The number of hydrogen-bond acceptors (Lipinski definition) is 4. The first-order valence-electron chi connectivity index (χ1n) is 11.7. The van der Waals surface area contributed by atoms with Crippen LogP contribution in [0.4, 0.5) is 5.69 Å². The molecular formula is C27H32ClN3O3. The maximum atomic E-state index is 12.4. The molecule has 0 saturated carbocycles. The number of aromatic nitrogens is 2. The van der Waals surface area contributed by atoms with Crippen LogP contribution in [0.5, 0.6) is 5.75 Å². The van der Waals surface area contributed by atoms with Crippen LogP contribution in [0.3, 0.4) is 0 Å². The minimum atomic E-state index is -0.224. The molecule has 1 N–H and O–H groups in total. The molecule has 0 spiro atoms. The van der Waals surface area contributed by atoms with E-state index in [2.05, 4.69) is 36.4 Å². The van der Waals surface area contributed by atoms with Crippen LogP contribution < -0.4 is 10.1 Å². The van der Waals surface area contributed by atoms with Crippen molar-refractivity contribution in [3.05, 3.63) is 76.6 Å². The van der Waals surface area contributed by atoms with E-state index in [9.17, 15) is 4.79 Å². The van der Waals surface area contributed by atoms with Gasteiger partial charge in [-0.3, -0.25) is 9.48 Å². The molecule has 1 aliphatic heterocycles. The Morgan fingerprint density at radius 1 is 1.26 bits per heavy atom. The maximum Gasteiger partial charge on any atom is 0.262 e. The van der Waals surface area contributed by atoms with Gasteiger partial charge in [0.05, 0.1) is 30.3 Å². The van der Waals surface area contributed by atoms with E-state index in [0.29, 0.717) is 29.9 Å². The molecule has 2 heterocycles. The van der Waals surface area contributed by atoms with Gasteiger partial charge < -0.3 is 14.8 Å². The van der Waals surface area contributed by atoms with Crippen molar-refractivity contribution in [2.45, 2.75) is 39.2 Å². The summed E-state index contributed by atoms with van der Waals surface area (Å²) < 4.78 is 14.0. The molecule has 6 nitrogen and oxygen atoms in total. The standard InChI is InChI=1S/C27H32ClN3O3/c1-17(2)23-13-20(22-10-5-6-11-24(22)28)15-34-27(23)19-8-7-9-21(12-19)33-16-26(32)30-25-14-29-31(4)18(25)3/h5-12,14,17,20,23,27H,13,15-16H2,1-4H3,(H,30,32)/t20-,23-,27-/m0/s1. The van der Waals surface area contributed by atoms with Gasteiger partial charge in [0.25, 0.3) is 5.91 Å². The summed E-state index contributed by atoms with van der Waals surface area (Å²) >= 11 is 6.47. The second-order valence-corrected chi connectivity index (χ2v) is 9.70. The van der Waals surface area contributed by atoms with Crippen molar-refractivity contribution in [3.63, 3.8) is 0 Å². The predicted octanol–water partition coefficient (Wildman–Crippen LogP) is 5.92. The molecule has 180 valence electrons. The van der Waals surface area contributed by atoms with Crippen LogP contribution in [0.2, 0.25) is 5.02 Å². The first kappa shape index (κ1) is 24.3. The molecule has 3 atom stereocenters. The summed E-state index contributed by atoms with van der Waals surface area (Å²) in [7, 11) is 1.83. The second kappa shape index (κ2) is 10.6. The average Bonchev–Trinajstić information content (AvgIpc) is 3.15. The van der Waals surface area contributed by atoms with Gasteiger partial charge >= 0.3 is 0 Å². The Labute approximate surface area is 206 Å². The monoisotopic (exact) mass is 481 g/mol.